The molecule has 0 radical (unpaired) electrons. The minimum Gasteiger partial charge on any atom is -0.497 e. The SMILES string of the molecule is COc1ccc2c(c1)C(=O)C(=O)N2CCC1CCCO1. The molecule has 5 nitrogen and oxygen atoms in total. The third-order valence-electron chi connectivity index (χ3n) is 3.88. The van der Waals surface area contributed by atoms with Gasteiger partial charge in [-0.25, -0.2) is 0 Å². The van der Waals surface area contributed by atoms with Crippen molar-refractivity contribution in [1.29, 1.82) is 0 Å². The quantitative estimate of drug-likeness (QED) is 0.786. The highest BCUT2D eigenvalue weighted by molar-refractivity contribution is 6.52. The predicted octanol–water partition coefficient (Wildman–Crippen LogP) is 1.79. The Bertz CT molecular complexity index is 549. The van der Waals surface area contributed by atoms with E-state index >= 15 is 0 Å². The third-order valence-corrected chi connectivity index (χ3v) is 3.88. The molecule has 1 aromatic rings. The number of anilines is 1. The van der Waals surface area contributed by atoms with Gasteiger partial charge < -0.3 is 14.4 Å². The molecule has 1 atom stereocenters. The second-order valence-electron chi connectivity index (χ2n) is 5.09. The molecule has 1 unspecified atom stereocenters. The van der Waals surface area contributed by atoms with Crippen molar-refractivity contribution in [3.05, 3.63) is 23.8 Å². The Balaban J connectivity index is 1.79. The summed E-state index contributed by atoms with van der Waals surface area (Å²) < 4.78 is 10.7. The van der Waals surface area contributed by atoms with Crippen LogP contribution in [0.4, 0.5) is 5.69 Å². The monoisotopic (exact) mass is 275 g/mol. The fourth-order valence-corrected chi connectivity index (χ4v) is 2.77. The Hall–Kier alpha value is -1.88. The van der Waals surface area contributed by atoms with E-state index in [0.29, 0.717) is 23.5 Å². The molecule has 5 heteroatoms. The number of rotatable bonds is 4. The molecule has 106 valence electrons. The lowest BCUT2D eigenvalue weighted by atomic mass is 10.1. The standard InChI is InChI=1S/C15H17NO4/c1-19-11-4-5-13-12(9-11)14(17)15(18)16(13)7-6-10-3-2-8-20-10/h4-5,9-10H,2-3,6-8H2,1H3. The summed E-state index contributed by atoms with van der Waals surface area (Å²) in [5.74, 6) is -0.316. The molecule has 0 spiro atoms. The van der Waals surface area contributed by atoms with E-state index in [0.717, 1.165) is 25.9 Å². The number of fused-ring (bicyclic) bond motifs is 1. The van der Waals surface area contributed by atoms with E-state index in [1.807, 2.05) is 0 Å². The van der Waals surface area contributed by atoms with Gasteiger partial charge in [0.15, 0.2) is 0 Å². The van der Waals surface area contributed by atoms with E-state index in [9.17, 15) is 9.59 Å². The van der Waals surface area contributed by atoms with Crippen LogP contribution in [0, 0.1) is 0 Å². The molecule has 1 fully saturated rings. The Morgan fingerprint density at radius 3 is 2.95 bits per heavy atom. The van der Waals surface area contributed by atoms with E-state index in [1.54, 1.807) is 23.1 Å². The second-order valence-corrected chi connectivity index (χ2v) is 5.09. The number of Topliss-reactive ketones (excluding diaryl/α,β-unsaturated/α-hetero) is 1. The predicted molar refractivity (Wildman–Crippen MR) is 73.3 cm³/mol. The molecule has 0 N–H and O–H groups in total. The Kier molecular flexibility index (Phi) is 3.44. The molecule has 0 aliphatic carbocycles. The summed E-state index contributed by atoms with van der Waals surface area (Å²) in [6.45, 7) is 1.32. The zero-order chi connectivity index (χ0) is 14.1. The zero-order valence-electron chi connectivity index (χ0n) is 11.4. The number of benzene rings is 1. The molecule has 2 heterocycles. The largest absolute Gasteiger partial charge is 0.497 e. The van der Waals surface area contributed by atoms with Gasteiger partial charge >= 0.3 is 0 Å². The number of carbonyl (C=O) groups is 2. The smallest absolute Gasteiger partial charge is 0.299 e. The fourth-order valence-electron chi connectivity index (χ4n) is 2.77. The van der Waals surface area contributed by atoms with Crippen molar-refractivity contribution < 1.29 is 19.1 Å². The van der Waals surface area contributed by atoms with Gasteiger partial charge in [0.25, 0.3) is 11.7 Å². The second kappa shape index (κ2) is 5.25. The van der Waals surface area contributed by atoms with Crippen LogP contribution in [0.1, 0.15) is 29.6 Å². The lowest BCUT2D eigenvalue weighted by molar-refractivity contribution is -0.114. The van der Waals surface area contributed by atoms with Crippen LogP contribution in [0.15, 0.2) is 18.2 Å². The first-order valence-corrected chi connectivity index (χ1v) is 6.86. The van der Waals surface area contributed by atoms with Gasteiger partial charge in [0, 0.05) is 13.2 Å². The first kappa shape index (κ1) is 13.1. The number of carbonyl (C=O) groups excluding carboxylic acids is 2. The molecule has 2 aliphatic rings. The number of nitrogens with zero attached hydrogens (tertiary/aromatic N) is 1. The van der Waals surface area contributed by atoms with Gasteiger partial charge in [0.1, 0.15) is 5.75 Å². The number of methoxy groups -OCH3 is 1. The van der Waals surface area contributed by atoms with Crippen LogP contribution in [0.3, 0.4) is 0 Å². The molecular formula is C15H17NO4. The zero-order valence-corrected chi connectivity index (χ0v) is 11.4. The van der Waals surface area contributed by atoms with E-state index in [2.05, 4.69) is 0 Å². The van der Waals surface area contributed by atoms with Crippen LogP contribution in [0.25, 0.3) is 0 Å². The summed E-state index contributed by atoms with van der Waals surface area (Å²) in [6.07, 6.45) is 3.08. The first-order valence-electron chi connectivity index (χ1n) is 6.86. The average Bonchev–Trinajstić information content (AvgIpc) is 3.06. The van der Waals surface area contributed by atoms with Crippen molar-refractivity contribution in [3.63, 3.8) is 0 Å². The summed E-state index contributed by atoms with van der Waals surface area (Å²) >= 11 is 0. The molecule has 1 saturated heterocycles. The molecule has 1 aromatic carbocycles. The number of hydrogen-bond acceptors (Lipinski definition) is 4. The highest BCUT2D eigenvalue weighted by Crippen LogP contribution is 2.32. The summed E-state index contributed by atoms with van der Waals surface area (Å²) in [5.41, 5.74) is 1.11. The summed E-state index contributed by atoms with van der Waals surface area (Å²) in [4.78, 5) is 25.6. The minimum atomic E-state index is -0.453. The maximum atomic E-state index is 12.1. The van der Waals surface area contributed by atoms with Crippen molar-refractivity contribution in [3.8, 4) is 5.75 Å². The van der Waals surface area contributed by atoms with Crippen LogP contribution in [0.2, 0.25) is 0 Å². The van der Waals surface area contributed by atoms with Crippen LogP contribution in [-0.2, 0) is 9.53 Å². The molecule has 0 saturated carbocycles. The van der Waals surface area contributed by atoms with E-state index in [4.69, 9.17) is 9.47 Å². The van der Waals surface area contributed by atoms with Gasteiger partial charge in [-0.15, -0.1) is 0 Å². The lowest BCUT2D eigenvalue weighted by Gasteiger charge is -2.18. The molecule has 0 bridgehead atoms. The molecule has 1 amide bonds. The molecular weight excluding hydrogens is 258 g/mol. The summed E-state index contributed by atoms with van der Waals surface area (Å²) in [6, 6.07) is 5.16. The van der Waals surface area contributed by atoms with Crippen molar-refractivity contribution in [1.82, 2.24) is 0 Å². The van der Waals surface area contributed by atoms with Crippen molar-refractivity contribution in [2.75, 3.05) is 25.2 Å². The van der Waals surface area contributed by atoms with Crippen LogP contribution in [-0.4, -0.2) is 38.1 Å². The van der Waals surface area contributed by atoms with Crippen molar-refractivity contribution in [2.45, 2.75) is 25.4 Å². The average molecular weight is 275 g/mol. The summed E-state index contributed by atoms with van der Waals surface area (Å²) in [5, 5.41) is 0. The lowest BCUT2D eigenvalue weighted by Crippen LogP contribution is -2.32. The maximum Gasteiger partial charge on any atom is 0.299 e. The van der Waals surface area contributed by atoms with Crippen molar-refractivity contribution in [2.24, 2.45) is 0 Å². The Morgan fingerprint density at radius 1 is 1.40 bits per heavy atom. The normalized spacial score (nSPS) is 21.4. The van der Waals surface area contributed by atoms with Crippen LogP contribution >= 0.6 is 0 Å². The van der Waals surface area contributed by atoms with Crippen LogP contribution < -0.4 is 9.64 Å². The molecule has 0 aromatic heterocycles. The minimum absolute atomic E-state index is 0.209. The summed E-state index contributed by atoms with van der Waals surface area (Å²) in [7, 11) is 1.54. The van der Waals surface area contributed by atoms with Gasteiger partial charge in [-0.3, -0.25) is 9.59 Å². The number of ketones is 1. The molecule has 20 heavy (non-hydrogen) atoms. The highest BCUT2D eigenvalue weighted by atomic mass is 16.5. The van der Waals surface area contributed by atoms with Gasteiger partial charge in [-0.1, -0.05) is 0 Å². The van der Waals surface area contributed by atoms with Gasteiger partial charge in [0.05, 0.1) is 24.5 Å². The third kappa shape index (κ3) is 2.18. The van der Waals surface area contributed by atoms with E-state index in [1.165, 1.54) is 7.11 Å². The van der Waals surface area contributed by atoms with Gasteiger partial charge in [-0.05, 0) is 37.5 Å². The molecule has 2 aliphatic heterocycles. The number of ether oxygens (including phenoxy) is 2. The van der Waals surface area contributed by atoms with Crippen molar-refractivity contribution >= 4 is 17.4 Å². The maximum absolute atomic E-state index is 12.1. The highest BCUT2D eigenvalue weighted by Gasteiger charge is 2.36. The Labute approximate surface area is 117 Å². The molecule has 3 rings (SSSR count). The van der Waals surface area contributed by atoms with Gasteiger partial charge in [-0.2, -0.15) is 0 Å². The fraction of sp³-hybridized carbons (Fsp3) is 0.467. The van der Waals surface area contributed by atoms with Gasteiger partial charge in [0.2, 0.25) is 0 Å². The topological polar surface area (TPSA) is 55.8 Å². The van der Waals surface area contributed by atoms with Crippen LogP contribution in [0.5, 0.6) is 5.75 Å². The van der Waals surface area contributed by atoms with E-state index in [-0.39, 0.29) is 6.10 Å². The van der Waals surface area contributed by atoms with E-state index < -0.39 is 11.7 Å². The Morgan fingerprint density at radius 2 is 2.25 bits per heavy atom. The number of hydrogen-bond donors (Lipinski definition) is 0. The number of amides is 1. The first-order chi connectivity index (χ1) is 9.70.